The highest BCUT2D eigenvalue weighted by Crippen LogP contribution is 2.25. The molecule has 6 heteroatoms. The number of methoxy groups -OCH3 is 1. The topological polar surface area (TPSA) is 43.2 Å². The third kappa shape index (κ3) is 4.99. The molecule has 0 unspecified atom stereocenters. The van der Waals surface area contributed by atoms with Gasteiger partial charge in [0.05, 0.1) is 37.8 Å². The lowest BCUT2D eigenvalue weighted by molar-refractivity contribution is -0.917. The Bertz CT molecular complexity index is 731. The lowest BCUT2D eigenvalue weighted by Gasteiger charge is -2.32. The molecule has 5 nitrogen and oxygen atoms in total. The van der Waals surface area contributed by atoms with Crippen molar-refractivity contribution in [3.05, 3.63) is 58.6 Å². The smallest absolute Gasteiger partial charge is 0.260 e. The van der Waals surface area contributed by atoms with Crippen molar-refractivity contribution in [1.82, 2.24) is 4.90 Å². The maximum Gasteiger partial charge on any atom is 0.260 e. The van der Waals surface area contributed by atoms with Crippen LogP contribution in [0.2, 0.25) is 0 Å². The standard InChI is InChI=1S/C20H23BrN2O3/c1-25-19-8-7-16(13-18(19)21)14-22-9-11-23(12-10-22)20(24)15-26-17-5-3-2-4-6-17/h2-8,13H,9-12,14-15H2,1H3/p+1. The average Bonchev–Trinajstić information content (AvgIpc) is 2.68. The van der Waals surface area contributed by atoms with Crippen LogP contribution in [-0.2, 0) is 11.3 Å². The van der Waals surface area contributed by atoms with E-state index in [9.17, 15) is 4.79 Å². The summed E-state index contributed by atoms with van der Waals surface area (Å²) < 4.78 is 11.8. The van der Waals surface area contributed by atoms with E-state index in [1.807, 2.05) is 41.3 Å². The summed E-state index contributed by atoms with van der Waals surface area (Å²) in [6.07, 6.45) is 0. The van der Waals surface area contributed by atoms with Gasteiger partial charge in [-0.05, 0) is 46.3 Å². The highest BCUT2D eigenvalue weighted by molar-refractivity contribution is 9.10. The number of piperazine rings is 1. The van der Waals surface area contributed by atoms with E-state index in [-0.39, 0.29) is 12.5 Å². The lowest BCUT2D eigenvalue weighted by Crippen LogP contribution is -3.13. The van der Waals surface area contributed by atoms with Crippen LogP contribution in [0.4, 0.5) is 0 Å². The summed E-state index contributed by atoms with van der Waals surface area (Å²) in [6.45, 7) is 4.48. The quantitative estimate of drug-likeness (QED) is 0.775. The van der Waals surface area contributed by atoms with E-state index in [4.69, 9.17) is 9.47 Å². The fourth-order valence-corrected chi connectivity index (χ4v) is 3.70. The number of hydrogen-bond acceptors (Lipinski definition) is 3. The molecule has 2 aromatic rings. The van der Waals surface area contributed by atoms with Gasteiger partial charge in [0.2, 0.25) is 0 Å². The molecule has 0 aromatic heterocycles. The molecule has 26 heavy (non-hydrogen) atoms. The van der Waals surface area contributed by atoms with Gasteiger partial charge in [-0.25, -0.2) is 0 Å². The van der Waals surface area contributed by atoms with Gasteiger partial charge < -0.3 is 19.3 Å². The molecule has 0 saturated carbocycles. The van der Waals surface area contributed by atoms with Crippen LogP contribution < -0.4 is 14.4 Å². The van der Waals surface area contributed by atoms with Gasteiger partial charge in [0, 0.05) is 5.56 Å². The second-order valence-corrected chi connectivity index (χ2v) is 7.23. The van der Waals surface area contributed by atoms with Crippen LogP contribution in [0.25, 0.3) is 0 Å². The number of nitrogens with zero attached hydrogens (tertiary/aromatic N) is 1. The number of rotatable bonds is 6. The minimum atomic E-state index is 0.0556. The van der Waals surface area contributed by atoms with Gasteiger partial charge in [0.1, 0.15) is 18.0 Å². The van der Waals surface area contributed by atoms with Crippen molar-refractivity contribution in [2.45, 2.75) is 6.54 Å². The van der Waals surface area contributed by atoms with E-state index < -0.39 is 0 Å². The van der Waals surface area contributed by atoms with E-state index >= 15 is 0 Å². The van der Waals surface area contributed by atoms with Crippen LogP contribution in [0.15, 0.2) is 53.0 Å². The molecule has 1 saturated heterocycles. The summed E-state index contributed by atoms with van der Waals surface area (Å²) in [7, 11) is 1.67. The van der Waals surface area contributed by atoms with Crippen molar-refractivity contribution < 1.29 is 19.2 Å². The van der Waals surface area contributed by atoms with Crippen LogP contribution >= 0.6 is 15.9 Å². The zero-order valence-electron chi connectivity index (χ0n) is 14.9. The molecular weight excluding hydrogens is 396 g/mol. The van der Waals surface area contributed by atoms with Gasteiger partial charge >= 0.3 is 0 Å². The van der Waals surface area contributed by atoms with Crippen molar-refractivity contribution in [1.29, 1.82) is 0 Å². The summed E-state index contributed by atoms with van der Waals surface area (Å²) >= 11 is 3.54. The lowest BCUT2D eigenvalue weighted by atomic mass is 10.2. The van der Waals surface area contributed by atoms with Gasteiger partial charge in [0.25, 0.3) is 5.91 Å². The van der Waals surface area contributed by atoms with Crippen molar-refractivity contribution in [2.24, 2.45) is 0 Å². The fraction of sp³-hybridized carbons (Fsp3) is 0.350. The van der Waals surface area contributed by atoms with Gasteiger partial charge in [-0.1, -0.05) is 18.2 Å². The SMILES string of the molecule is COc1ccc(C[NH+]2CCN(C(=O)COc3ccccc3)CC2)cc1Br. The van der Waals surface area contributed by atoms with E-state index in [0.717, 1.165) is 48.7 Å². The minimum absolute atomic E-state index is 0.0556. The molecule has 0 spiro atoms. The molecule has 0 bridgehead atoms. The number of carbonyl (C=O) groups is 1. The summed E-state index contributed by atoms with van der Waals surface area (Å²) in [5, 5.41) is 0. The maximum absolute atomic E-state index is 12.3. The van der Waals surface area contributed by atoms with Crippen molar-refractivity contribution in [3.63, 3.8) is 0 Å². The average molecular weight is 420 g/mol. The Hall–Kier alpha value is -2.05. The minimum Gasteiger partial charge on any atom is -0.496 e. The molecule has 1 aliphatic heterocycles. The summed E-state index contributed by atoms with van der Waals surface area (Å²) in [6, 6.07) is 15.7. The number of benzene rings is 2. The van der Waals surface area contributed by atoms with Crippen molar-refractivity contribution in [3.8, 4) is 11.5 Å². The third-order valence-electron chi connectivity index (χ3n) is 4.60. The van der Waals surface area contributed by atoms with E-state index in [1.54, 1.807) is 7.11 Å². The molecule has 0 atom stereocenters. The first kappa shape index (κ1) is 18.7. The number of para-hydroxylation sites is 1. The monoisotopic (exact) mass is 419 g/mol. The Morgan fingerprint density at radius 3 is 2.54 bits per heavy atom. The largest absolute Gasteiger partial charge is 0.496 e. The van der Waals surface area contributed by atoms with Crippen molar-refractivity contribution >= 4 is 21.8 Å². The number of quaternary nitrogens is 1. The molecular formula is C20H24BrN2O3+. The van der Waals surface area contributed by atoms with Crippen LogP contribution in [0.5, 0.6) is 11.5 Å². The van der Waals surface area contributed by atoms with Crippen LogP contribution in [0.1, 0.15) is 5.56 Å². The zero-order valence-corrected chi connectivity index (χ0v) is 16.5. The number of carbonyl (C=O) groups excluding carboxylic acids is 1. The fourth-order valence-electron chi connectivity index (χ4n) is 3.11. The molecule has 1 amide bonds. The molecule has 0 aliphatic carbocycles. The molecule has 138 valence electrons. The molecule has 1 fully saturated rings. The number of nitrogens with one attached hydrogen (secondary N) is 1. The Kier molecular flexibility index (Phi) is 6.52. The van der Waals surface area contributed by atoms with E-state index in [2.05, 4.69) is 28.1 Å². The Morgan fingerprint density at radius 2 is 1.88 bits per heavy atom. The molecule has 3 rings (SSSR count). The maximum atomic E-state index is 12.3. The first-order valence-corrected chi connectivity index (χ1v) is 9.56. The van der Waals surface area contributed by atoms with Gasteiger partial charge in [-0.15, -0.1) is 0 Å². The van der Waals surface area contributed by atoms with Crippen molar-refractivity contribution in [2.75, 3.05) is 39.9 Å². The van der Waals surface area contributed by atoms with Gasteiger partial charge in [0.15, 0.2) is 6.61 Å². The Balaban J connectivity index is 1.45. The van der Waals surface area contributed by atoms with E-state index in [0.29, 0.717) is 0 Å². The molecule has 2 aromatic carbocycles. The number of amides is 1. The first-order chi connectivity index (χ1) is 12.7. The normalized spacial score (nSPS) is 14.9. The zero-order chi connectivity index (χ0) is 18.4. The number of halogens is 1. The van der Waals surface area contributed by atoms with E-state index in [1.165, 1.54) is 10.5 Å². The Morgan fingerprint density at radius 1 is 1.15 bits per heavy atom. The van der Waals surface area contributed by atoms with Gasteiger partial charge in [-0.3, -0.25) is 4.79 Å². The highest BCUT2D eigenvalue weighted by atomic mass is 79.9. The molecule has 0 radical (unpaired) electrons. The molecule has 1 aliphatic rings. The van der Waals surface area contributed by atoms with Crippen LogP contribution in [0.3, 0.4) is 0 Å². The second kappa shape index (κ2) is 9.05. The predicted molar refractivity (Wildman–Crippen MR) is 104 cm³/mol. The highest BCUT2D eigenvalue weighted by Gasteiger charge is 2.24. The third-order valence-corrected chi connectivity index (χ3v) is 5.22. The molecule has 1 N–H and O–H groups in total. The van der Waals surface area contributed by atoms with Crippen LogP contribution in [0, 0.1) is 0 Å². The Labute approximate surface area is 162 Å². The predicted octanol–water partition coefficient (Wildman–Crippen LogP) is 1.76. The van der Waals surface area contributed by atoms with Crippen LogP contribution in [-0.4, -0.2) is 50.7 Å². The summed E-state index contributed by atoms with van der Waals surface area (Å²) in [5.41, 5.74) is 1.26. The summed E-state index contributed by atoms with van der Waals surface area (Å²) in [5.74, 6) is 1.63. The summed E-state index contributed by atoms with van der Waals surface area (Å²) in [4.78, 5) is 15.7. The van der Waals surface area contributed by atoms with Gasteiger partial charge in [-0.2, -0.15) is 0 Å². The molecule has 1 heterocycles. The number of ether oxygens (including phenoxy) is 2. The number of hydrogen-bond donors (Lipinski definition) is 1. The second-order valence-electron chi connectivity index (χ2n) is 6.38. The first-order valence-electron chi connectivity index (χ1n) is 8.77.